The maximum atomic E-state index is 13.1. The first kappa shape index (κ1) is 12.9. The molecular formula is C14H18FNO2. The molecule has 1 fully saturated rings. The number of rotatable bonds is 4. The molecule has 18 heavy (non-hydrogen) atoms. The van der Waals surface area contributed by atoms with Crippen molar-refractivity contribution < 1.29 is 14.3 Å². The standard InChI is InChI=1S/C14H18FNO2/c1-2-3-10-6-7-16(9-10)13-5-4-11(15)8-12(13)14(17)18/h4-5,8,10H,2-3,6-7,9H2,1H3,(H,17,18). The molecule has 1 heterocycles. The molecule has 1 aliphatic heterocycles. The summed E-state index contributed by atoms with van der Waals surface area (Å²) >= 11 is 0. The monoisotopic (exact) mass is 251 g/mol. The van der Waals surface area contributed by atoms with Gasteiger partial charge in [-0.1, -0.05) is 13.3 Å². The number of nitrogens with zero attached hydrogens (tertiary/aromatic N) is 1. The second kappa shape index (κ2) is 5.38. The topological polar surface area (TPSA) is 40.5 Å². The predicted octanol–water partition coefficient (Wildman–Crippen LogP) is 3.15. The quantitative estimate of drug-likeness (QED) is 0.893. The summed E-state index contributed by atoms with van der Waals surface area (Å²) in [5, 5.41) is 9.13. The number of hydrogen-bond donors (Lipinski definition) is 1. The highest BCUT2D eigenvalue weighted by molar-refractivity contribution is 5.94. The molecule has 0 bridgehead atoms. The van der Waals surface area contributed by atoms with Crippen molar-refractivity contribution in [3.8, 4) is 0 Å². The van der Waals surface area contributed by atoms with E-state index in [-0.39, 0.29) is 5.56 Å². The van der Waals surface area contributed by atoms with Gasteiger partial charge in [0.25, 0.3) is 0 Å². The summed E-state index contributed by atoms with van der Waals surface area (Å²) in [6.07, 6.45) is 3.40. The summed E-state index contributed by atoms with van der Waals surface area (Å²) < 4.78 is 13.1. The highest BCUT2D eigenvalue weighted by Gasteiger charge is 2.25. The number of carboxylic acids is 1. The van der Waals surface area contributed by atoms with Crippen molar-refractivity contribution in [2.24, 2.45) is 5.92 Å². The lowest BCUT2D eigenvalue weighted by molar-refractivity contribution is 0.0697. The van der Waals surface area contributed by atoms with Crippen molar-refractivity contribution in [3.63, 3.8) is 0 Å². The summed E-state index contributed by atoms with van der Waals surface area (Å²) in [6, 6.07) is 4.01. The average Bonchev–Trinajstić information content (AvgIpc) is 2.78. The lowest BCUT2D eigenvalue weighted by Crippen LogP contribution is -2.22. The maximum absolute atomic E-state index is 13.1. The first-order chi connectivity index (χ1) is 8.61. The lowest BCUT2D eigenvalue weighted by Gasteiger charge is -2.20. The summed E-state index contributed by atoms with van der Waals surface area (Å²) in [6.45, 7) is 3.89. The maximum Gasteiger partial charge on any atom is 0.337 e. The number of carbonyl (C=O) groups is 1. The molecule has 98 valence electrons. The fourth-order valence-corrected chi connectivity index (χ4v) is 2.65. The number of anilines is 1. The molecule has 2 rings (SSSR count). The summed E-state index contributed by atoms with van der Waals surface area (Å²) in [5.41, 5.74) is 0.703. The second-order valence-corrected chi connectivity index (χ2v) is 4.86. The lowest BCUT2D eigenvalue weighted by atomic mass is 10.0. The van der Waals surface area contributed by atoms with Crippen LogP contribution in [0, 0.1) is 11.7 Å². The van der Waals surface area contributed by atoms with E-state index in [1.165, 1.54) is 12.5 Å². The van der Waals surface area contributed by atoms with Gasteiger partial charge >= 0.3 is 5.97 Å². The predicted molar refractivity (Wildman–Crippen MR) is 68.6 cm³/mol. The molecule has 0 radical (unpaired) electrons. The third-order valence-electron chi connectivity index (χ3n) is 3.51. The van der Waals surface area contributed by atoms with Crippen LogP contribution in [0.1, 0.15) is 36.5 Å². The third kappa shape index (κ3) is 2.63. The van der Waals surface area contributed by atoms with Gasteiger partial charge in [0, 0.05) is 13.1 Å². The van der Waals surface area contributed by atoms with E-state index in [9.17, 15) is 9.18 Å². The molecule has 1 unspecified atom stereocenters. The van der Waals surface area contributed by atoms with E-state index in [4.69, 9.17) is 5.11 Å². The molecule has 1 N–H and O–H groups in total. The van der Waals surface area contributed by atoms with Crippen molar-refractivity contribution in [2.75, 3.05) is 18.0 Å². The zero-order valence-electron chi connectivity index (χ0n) is 10.5. The van der Waals surface area contributed by atoms with Crippen LogP contribution < -0.4 is 4.90 Å². The van der Waals surface area contributed by atoms with Gasteiger partial charge in [0.15, 0.2) is 0 Å². The van der Waals surface area contributed by atoms with E-state index in [0.717, 1.165) is 32.0 Å². The molecule has 1 aliphatic rings. The third-order valence-corrected chi connectivity index (χ3v) is 3.51. The zero-order valence-corrected chi connectivity index (χ0v) is 10.5. The van der Waals surface area contributed by atoms with Crippen LogP contribution in [0.5, 0.6) is 0 Å². The molecule has 0 amide bonds. The van der Waals surface area contributed by atoms with E-state index in [1.807, 2.05) is 0 Å². The Morgan fingerprint density at radius 3 is 3.00 bits per heavy atom. The molecule has 1 saturated heterocycles. The van der Waals surface area contributed by atoms with E-state index in [1.54, 1.807) is 6.07 Å². The van der Waals surface area contributed by atoms with Crippen LogP contribution in [0.15, 0.2) is 18.2 Å². The molecule has 0 aromatic heterocycles. The van der Waals surface area contributed by atoms with E-state index in [2.05, 4.69) is 11.8 Å². The van der Waals surface area contributed by atoms with Crippen molar-refractivity contribution >= 4 is 11.7 Å². The number of carboxylic acid groups (broad SMARTS) is 1. The molecule has 0 saturated carbocycles. The van der Waals surface area contributed by atoms with Gasteiger partial charge in [0.1, 0.15) is 5.82 Å². The van der Waals surface area contributed by atoms with Gasteiger partial charge in [-0.3, -0.25) is 0 Å². The van der Waals surface area contributed by atoms with Crippen molar-refractivity contribution in [1.29, 1.82) is 0 Å². The molecule has 1 atom stereocenters. The van der Waals surface area contributed by atoms with E-state index < -0.39 is 11.8 Å². The average molecular weight is 251 g/mol. The van der Waals surface area contributed by atoms with Gasteiger partial charge in [-0.05, 0) is 37.0 Å². The SMILES string of the molecule is CCCC1CCN(c2ccc(F)cc2C(=O)O)C1. The molecule has 1 aromatic carbocycles. The summed E-state index contributed by atoms with van der Waals surface area (Å²) in [5.74, 6) is -0.939. The van der Waals surface area contributed by atoms with Crippen LogP contribution in [0.4, 0.5) is 10.1 Å². The van der Waals surface area contributed by atoms with Crippen LogP contribution >= 0.6 is 0 Å². The van der Waals surface area contributed by atoms with Gasteiger partial charge in [-0.2, -0.15) is 0 Å². The van der Waals surface area contributed by atoms with E-state index in [0.29, 0.717) is 11.6 Å². The van der Waals surface area contributed by atoms with Crippen molar-refractivity contribution in [2.45, 2.75) is 26.2 Å². The van der Waals surface area contributed by atoms with Gasteiger partial charge in [-0.25, -0.2) is 9.18 Å². The number of aromatic carboxylic acids is 1. The number of benzene rings is 1. The van der Waals surface area contributed by atoms with Gasteiger partial charge in [0.2, 0.25) is 0 Å². The highest BCUT2D eigenvalue weighted by atomic mass is 19.1. The van der Waals surface area contributed by atoms with Crippen LogP contribution in [-0.2, 0) is 0 Å². The molecule has 1 aromatic rings. The first-order valence-corrected chi connectivity index (χ1v) is 6.39. The molecule has 0 spiro atoms. The van der Waals surface area contributed by atoms with Crippen molar-refractivity contribution in [3.05, 3.63) is 29.6 Å². The number of hydrogen-bond acceptors (Lipinski definition) is 2. The Morgan fingerprint density at radius 1 is 1.56 bits per heavy atom. The highest BCUT2D eigenvalue weighted by Crippen LogP contribution is 2.29. The Bertz CT molecular complexity index is 447. The molecule has 4 heteroatoms. The van der Waals surface area contributed by atoms with Crippen LogP contribution in [0.25, 0.3) is 0 Å². The Hall–Kier alpha value is -1.58. The first-order valence-electron chi connectivity index (χ1n) is 6.39. The van der Waals surface area contributed by atoms with Crippen LogP contribution in [0.3, 0.4) is 0 Å². The van der Waals surface area contributed by atoms with Crippen molar-refractivity contribution in [1.82, 2.24) is 0 Å². The second-order valence-electron chi connectivity index (χ2n) is 4.86. The smallest absolute Gasteiger partial charge is 0.337 e. The molecule has 0 aliphatic carbocycles. The number of halogens is 1. The zero-order chi connectivity index (χ0) is 13.1. The van der Waals surface area contributed by atoms with Gasteiger partial charge in [0.05, 0.1) is 11.3 Å². The van der Waals surface area contributed by atoms with Crippen LogP contribution in [-0.4, -0.2) is 24.2 Å². The molecular weight excluding hydrogens is 233 g/mol. The Labute approximate surface area is 106 Å². The fourth-order valence-electron chi connectivity index (χ4n) is 2.65. The minimum Gasteiger partial charge on any atom is -0.478 e. The van der Waals surface area contributed by atoms with Gasteiger partial charge in [-0.15, -0.1) is 0 Å². The Morgan fingerprint density at radius 2 is 2.33 bits per heavy atom. The largest absolute Gasteiger partial charge is 0.478 e. The summed E-state index contributed by atoms with van der Waals surface area (Å²) in [7, 11) is 0. The molecule has 3 nitrogen and oxygen atoms in total. The van der Waals surface area contributed by atoms with Gasteiger partial charge < -0.3 is 10.0 Å². The summed E-state index contributed by atoms with van der Waals surface area (Å²) in [4.78, 5) is 13.2. The fraction of sp³-hybridized carbons (Fsp3) is 0.500. The normalized spacial score (nSPS) is 19.2. The minimum atomic E-state index is -1.07. The Balaban J connectivity index is 2.21. The van der Waals surface area contributed by atoms with Crippen LogP contribution in [0.2, 0.25) is 0 Å². The Kier molecular flexibility index (Phi) is 3.84. The van der Waals surface area contributed by atoms with E-state index >= 15 is 0 Å². The minimum absolute atomic E-state index is 0.0622.